The van der Waals surface area contributed by atoms with E-state index in [4.69, 9.17) is 4.74 Å². The minimum absolute atomic E-state index is 0.192. The molecule has 0 aliphatic heterocycles. The molecule has 1 aromatic heterocycles. The van der Waals surface area contributed by atoms with Crippen LogP contribution in [0.1, 0.15) is 30.3 Å². The molecule has 0 spiro atoms. The molecule has 1 heterocycles. The third kappa shape index (κ3) is 2.92. The van der Waals surface area contributed by atoms with Gasteiger partial charge in [-0.3, -0.25) is 20.0 Å². The predicted octanol–water partition coefficient (Wildman–Crippen LogP) is 0.856. The molecule has 0 unspecified atom stereocenters. The zero-order chi connectivity index (χ0) is 12.8. The van der Waals surface area contributed by atoms with Crippen molar-refractivity contribution in [3.8, 4) is 5.88 Å². The smallest absolute Gasteiger partial charge is 0.362 e. The van der Waals surface area contributed by atoms with Gasteiger partial charge in [-0.15, -0.1) is 5.10 Å². The molecule has 0 bridgehead atoms. The largest absolute Gasteiger partial charge is 0.475 e. The molecule has 0 saturated heterocycles. The fraction of sp³-hybridized carbons (Fsp3) is 0.556. The summed E-state index contributed by atoms with van der Waals surface area (Å²) in [6.07, 6.45) is 1.74. The summed E-state index contributed by atoms with van der Waals surface area (Å²) < 4.78 is 4.70. The van der Waals surface area contributed by atoms with Crippen LogP contribution in [0, 0.1) is 10.1 Å². The molecule has 1 amide bonds. The van der Waals surface area contributed by atoms with E-state index in [9.17, 15) is 14.9 Å². The number of nitrogens with one attached hydrogen (secondary N) is 2. The second-order valence-corrected chi connectivity index (χ2v) is 3.32. The van der Waals surface area contributed by atoms with Gasteiger partial charge in [0.15, 0.2) is 0 Å². The Balaban J connectivity index is 2.86. The Kier molecular flexibility index (Phi) is 4.44. The predicted molar refractivity (Wildman–Crippen MR) is 59.0 cm³/mol. The first kappa shape index (κ1) is 12.9. The fourth-order valence-corrected chi connectivity index (χ4v) is 1.26. The highest BCUT2D eigenvalue weighted by Gasteiger charge is 2.29. The van der Waals surface area contributed by atoms with E-state index in [0.29, 0.717) is 6.54 Å². The van der Waals surface area contributed by atoms with E-state index >= 15 is 0 Å². The SMILES string of the molecule is CCCCNC(=O)c1[nH]nc(OC)c1[N+](=O)[O-]. The van der Waals surface area contributed by atoms with Crippen molar-refractivity contribution in [1.29, 1.82) is 0 Å². The summed E-state index contributed by atoms with van der Waals surface area (Å²) in [7, 11) is 1.25. The molecule has 0 atom stereocenters. The van der Waals surface area contributed by atoms with E-state index in [-0.39, 0.29) is 11.6 Å². The molecule has 8 heteroatoms. The maximum absolute atomic E-state index is 11.6. The number of aromatic amines is 1. The normalized spacial score (nSPS) is 10.0. The number of rotatable bonds is 6. The Labute approximate surface area is 97.5 Å². The summed E-state index contributed by atoms with van der Waals surface area (Å²) in [5, 5.41) is 19.2. The highest BCUT2D eigenvalue weighted by molar-refractivity contribution is 5.97. The molecule has 0 fully saturated rings. The monoisotopic (exact) mass is 242 g/mol. The van der Waals surface area contributed by atoms with Gasteiger partial charge in [0.2, 0.25) is 5.69 Å². The molecule has 1 rings (SSSR count). The van der Waals surface area contributed by atoms with Gasteiger partial charge in [-0.1, -0.05) is 13.3 Å². The van der Waals surface area contributed by atoms with E-state index < -0.39 is 16.5 Å². The van der Waals surface area contributed by atoms with Crippen molar-refractivity contribution in [3.63, 3.8) is 0 Å². The summed E-state index contributed by atoms with van der Waals surface area (Å²) in [6, 6.07) is 0. The van der Waals surface area contributed by atoms with Crippen LogP contribution in [0.3, 0.4) is 0 Å². The number of nitro groups is 1. The lowest BCUT2D eigenvalue weighted by molar-refractivity contribution is -0.386. The first-order chi connectivity index (χ1) is 8.11. The fourth-order valence-electron chi connectivity index (χ4n) is 1.26. The quantitative estimate of drug-likeness (QED) is 0.436. The van der Waals surface area contributed by atoms with E-state index in [1.54, 1.807) is 0 Å². The van der Waals surface area contributed by atoms with Crippen molar-refractivity contribution < 1.29 is 14.5 Å². The average Bonchev–Trinajstić information content (AvgIpc) is 2.72. The molecule has 0 aromatic carbocycles. The molecular weight excluding hydrogens is 228 g/mol. The molecule has 0 aliphatic rings. The van der Waals surface area contributed by atoms with Crippen LogP contribution in [-0.2, 0) is 0 Å². The van der Waals surface area contributed by atoms with Crippen LogP contribution in [0.25, 0.3) is 0 Å². The average molecular weight is 242 g/mol. The number of methoxy groups -OCH3 is 1. The van der Waals surface area contributed by atoms with Crippen molar-refractivity contribution in [3.05, 3.63) is 15.8 Å². The summed E-state index contributed by atoms with van der Waals surface area (Å²) in [5.41, 5.74) is -0.635. The third-order valence-corrected chi connectivity index (χ3v) is 2.13. The Morgan fingerprint density at radius 2 is 2.35 bits per heavy atom. The lowest BCUT2D eigenvalue weighted by atomic mass is 10.3. The van der Waals surface area contributed by atoms with Crippen LogP contribution in [0.2, 0.25) is 0 Å². The first-order valence-corrected chi connectivity index (χ1v) is 5.16. The van der Waals surface area contributed by atoms with E-state index in [0.717, 1.165) is 12.8 Å². The van der Waals surface area contributed by atoms with Crippen LogP contribution in [0.15, 0.2) is 0 Å². The van der Waals surface area contributed by atoms with Gasteiger partial charge in [0, 0.05) is 6.54 Å². The van der Waals surface area contributed by atoms with Gasteiger partial charge in [-0.25, -0.2) is 0 Å². The lowest BCUT2D eigenvalue weighted by Gasteiger charge is -2.01. The number of ether oxygens (including phenoxy) is 1. The van der Waals surface area contributed by atoms with E-state index in [1.807, 2.05) is 6.92 Å². The second kappa shape index (κ2) is 5.83. The van der Waals surface area contributed by atoms with Crippen molar-refractivity contribution >= 4 is 11.6 Å². The highest BCUT2D eigenvalue weighted by atomic mass is 16.6. The molecule has 0 radical (unpaired) electrons. The van der Waals surface area contributed by atoms with Crippen LogP contribution in [0.4, 0.5) is 5.69 Å². The molecule has 0 aliphatic carbocycles. The van der Waals surface area contributed by atoms with Gasteiger partial charge in [-0.05, 0) is 6.42 Å². The highest BCUT2D eigenvalue weighted by Crippen LogP contribution is 2.27. The van der Waals surface area contributed by atoms with Crippen LogP contribution in [0.5, 0.6) is 5.88 Å². The Hall–Kier alpha value is -2.12. The molecule has 1 aromatic rings. The lowest BCUT2D eigenvalue weighted by Crippen LogP contribution is -2.25. The number of aromatic nitrogens is 2. The number of carbonyl (C=O) groups excluding carboxylic acids is 1. The molecule has 0 saturated carbocycles. The van der Waals surface area contributed by atoms with Crippen LogP contribution >= 0.6 is 0 Å². The number of amides is 1. The van der Waals surface area contributed by atoms with Crippen LogP contribution < -0.4 is 10.1 Å². The minimum atomic E-state index is -0.697. The topological polar surface area (TPSA) is 110 Å². The van der Waals surface area contributed by atoms with Gasteiger partial charge in [0.25, 0.3) is 5.91 Å². The van der Waals surface area contributed by atoms with Gasteiger partial charge >= 0.3 is 11.6 Å². The second-order valence-electron chi connectivity index (χ2n) is 3.32. The summed E-state index contributed by atoms with van der Waals surface area (Å²) in [5.74, 6) is -0.753. The Bertz CT molecular complexity index is 415. The van der Waals surface area contributed by atoms with Gasteiger partial charge in [0.1, 0.15) is 0 Å². The Morgan fingerprint density at radius 1 is 1.65 bits per heavy atom. The van der Waals surface area contributed by atoms with Gasteiger partial charge < -0.3 is 10.1 Å². The zero-order valence-corrected chi connectivity index (χ0v) is 9.65. The molecule has 2 N–H and O–H groups in total. The molecule has 17 heavy (non-hydrogen) atoms. The number of nitrogens with zero attached hydrogens (tertiary/aromatic N) is 2. The van der Waals surface area contributed by atoms with Gasteiger partial charge in [-0.2, -0.15) is 0 Å². The van der Waals surface area contributed by atoms with Crippen molar-refractivity contribution in [2.45, 2.75) is 19.8 Å². The van der Waals surface area contributed by atoms with Crippen molar-refractivity contribution in [1.82, 2.24) is 15.5 Å². The number of hydrogen-bond acceptors (Lipinski definition) is 5. The van der Waals surface area contributed by atoms with Gasteiger partial charge in [0.05, 0.1) is 12.0 Å². The van der Waals surface area contributed by atoms with Crippen molar-refractivity contribution in [2.24, 2.45) is 0 Å². The molecular formula is C9H14N4O4. The van der Waals surface area contributed by atoms with Crippen molar-refractivity contribution in [2.75, 3.05) is 13.7 Å². The summed E-state index contributed by atoms with van der Waals surface area (Å²) in [6.45, 7) is 2.45. The standard InChI is InChI=1S/C9H14N4O4/c1-3-4-5-10-8(14)6-7(13(15)16)9(17-2)12-11-6/h3-5H2,1-2H3,(H,10,14)(H,11,12). The number of unbranched alkanes of at least 4 members (excludes halogenated alkanes) is 1. The maximum atomic E-state index is 11.6. The number of carbonyl (C=O) groups is 1. The van der Waals surface area contributed by atoms with E-state index in [2.05, 4.69) is 15.5 Å². The third-order valence-electron chi connectivity index (χ3n) is 2.13. The van der Waals surface area contributed by atoms with Crippen LogP contribution in [-0.4, -0.2) is 34.7 Å². The summed E-state index contributed by atoms with van der Waals surface area (Å²) >= 11 is 0. The molecule has 8 nitrogen and oxygen atoms in total. The number of H-pyrrole nitrogens is 1. The minimum Gasteiger partial charge on any atom is -0.475 e. The van der Waals surface area contributed by atoms with E-state index in [1.165, 1.54) is 7.11 Å². The zero-order valence-electron chi connectivity index (χ0n) is 9.65. The molecule has 94 valence electrons. The maximum Gasteiger partial charge on any atom is 0.362 e. The Morgan fingerprint density at radius 3 is 2.88 bits per heavy atom. The number of hydrogen-bond donors (Lipinski definition) is 2. The first-order valence-electron chi connectivity index (χ1n) is 5.16. The summed E-state index contributed by atoms with van der Waals surface area (Å²) in [4.78, 5) is 21.7.